The second-order valence-electron chi connectivity index (χ2n) is 4.22. The molecule has 1 aromatic rings. The lowest BCUT2D eigenvalue weighted by molar-refractivity contribution is 0.581. The fraction of sp³-hybridized carbons (Fsp3) is 0.700. The minimum absolute atomic E-state index is 0.0686. The molecule has 0 radical (unpaired) electrons. The third-order valence-corrected chi connectivity index (χ3v) is 3.26. The lowest BCUT2D eigenvalue weighted by atomic mass is 9.98. The predicted molar refractivity (Wildman–Crippen MR) is 55.3 cm³/mol. The highest BCUT2D eigenvalue weighted by molar-refractivity contribution is 5.22. The highest BCUT2D eigenvalue weighted by Crippen LogP contribution is 2.32. The Balaban J connectivity index is 2.41. The third-order valence-electron chi connectivity index (χ3n) is 3.26. The minimum Gasteiger partial charge on any atom is -0.327 e. The fourth-order valence-corrected chi connectivity index (χ4v) is 2.39. The van der Waals surface area contributed by atoms with Crippen molar-refractivity contribution in [1.29, 1.82) is 0 Å². The quantitative estimate of drug-likeness (QED) is 0.690. The molecule has 3 N–H and O–H groups in total. The number of nitrogens with two attached hydrogens (primary N) is 1. The molecule has 2 unspecified atom stereocenters. The van der Waals surface area contributed by atoms with Crippen molar-refractivity contribution >= 4 is 0 Å². The number of aromatic nitrogens is 2. The molecular weight excluding hydrogens is 178 g/mol. The van der Waals surface area contributed by atoms with Gasteiger partial charge in [-0.15, -0.1) is 0 Å². The molecule has 0 saturated heterocycles. The largest absolute Gasteiger partial charge is 0.327 e. The first kappa shape index (κ1) is 9.52. The summed E-state index contributed by atoms with van der Waals surface area (Å²) in [6.45, 7) is 1.87. The highest BCUT2D eigenvalue weighted by Gasteiger charge is 2.28. The van der Waals surface area contributed by atoms with Crippen molar-refractivity contribution < 1.29 is 0 Å². The second kappa shape index (κ2) is 3.28. The number of hydrogen-bond acceptors (Lipinski definition) is 2. The Bertz CT molecular complexity index is 391. The van der Waals surface area contributed by atoms with Gasteiger partial charge in [0.15, 0.2) is 0 Å². The van der Waals surface area contributed by atoms with E-state index in [1.165, 1.54) is 11.1 Å². The zero-order valence-corrected chi connectivity index (χ0v) is 8.71. The molecule has 0 aliphatic heterocycles. The van der Waals surface area contributed by atoms with E-state index in [9.17, 15) is 4.79 Å². The summed E-state index contributed by atoms with van der Waals surface area (Å²) in [5, 5.41) is 3.11. The third kappa shape index (κ3) is 1.30. The molecule has 0 aromatic carbocycles. The number of nitrogens with one attached hydrogen (secondary N) is 1. The molecule has 1 saturated carbocycles. The summed E-state index contributed by atoms with van der Waals surface area (Å²) in [6.07, 6.45) is 3.34. The molecule has 4 nitrogen and oxygen atoms in total. The van der Waals surface area contributed by atoms with Crippen LogP contribution in [0, 0.1) is 6.92 Å². The Morgan fingerprint density at radius 3 is 2.64 bits per heavy atom. The van der Waals surface area contributed by atoms with E-state index >= 15 is 0 Å². The highest BCUT2D eigenvalue weighted by atomic mass is 16.1. The van der Waals surface area contributed by atoms with Crippen molar-refractivity contribution in [2.75, 3.05) is 0 Å². The molecular formula is C10H17N3O. The summed E-state index contributed by atoms with van der Waals surface area (Å²) < 4.78 is 1.54. The van der Waals surface area contributed by atoms with Crippen molar-refractivity contribution in [3.63, 3.8) is 0 Å². The standard InChI is InChI=1S/C10H17N3O/c1-6-9(12-13(2)10(6)14)7-4-3-5-8(7)11/h7-8,12H,3-5,11H2,1-2H3. The maximum Gasteiger partial charge on any atom is 0.269 e. The van der Waals surface area contributed by atoms with Gasteiger partial charge in [-0.1, -0.05) is 6.42 Å². The van der Waals surface area contributed by atoms with E-state index in [-0.39, 0.29) is 11.6 Å². The van der Waals surface area contributed by atoms with Crippen LogP contribution < -0.4 is 11.3 Å². The molecule has 1 heterocycles. The number of aryl methyl sites for hydroxylation is 1. The molecule has 1 aliphatic rings. The monoisotopic (exact) mass is 195 g/mol. The molecule has 0 bridgehead atoms. The lowest BCUT2D eigenvalue weighted by Gasteiger charge is -2.13. The smallest absolute Gasteiger partial charge is 0.269 e. The summed E-state index contributed by atoms with van der Waals surface area (Å²) in [7, 11) is 1.75. The van der Waals surface area contributed by atoms with Crippen LogP contribution in [0.1, 0.15) is 36.4 Å². The molecule has 1 aliphatic carbocycles. The van der Waals surface area contributed by atoms with Gasteiger partial charge < -0.3 is 5.73 Å². The van der Waals surface area contributed by atoms with Crippen molar-refractivity contribution in [1.82, 2.24) is 9.78 Å². The normalized spacial score (nSPS) is 27.1. The van der Waals surface area contributed by atoms with E-state index in [4.69, 9.17) is 5.73 Å². The van der Waals surface area contributed by atoms with Gasteiger partial charge in [-0.2, -0.15) is 0 Å². The van der Waals surface area contributed by atoms with Crippen LogP contribution in [0.3, 0.4) is 0 Å². The molecule has 1 fully saturated rings. The second-order valence-corrected chi connectivity index (χ2v) is 4.22. The maximum absolute atomic E-state index is 11.5. The van der Waals surface area contributed by atoms with Crippen molar-refractivity contribution in [3.05, 3.63) is 21.6 Å². The molecule has 2 rings (SSSR count). The van der Waals surface area contributed by atoms with Gasteiger partial charge in [-0.05, 0) is 19.8 Å². The van der Waals surface area contributed by atoms with Crippen molar-refractivity contribution in [3.8, 4) is 0 Å². The number of nitrogens with zero attached hydrogens (tertiary/aromatic N) is 1. The summed E-state index contributed by atoms with van der Waals surface area (Å²) >= 11 is 0. The zero-order valence-electron chi connectivity index (χ0n) is 8.71. The van der Waals surface area contributed by atoms with Gasteiger partial charge in [0.2, 0.25) is 0 Å². The van der Waals surface area contributed by atoms with Gasteiger partial charge in [0, 0.05) is 30.3 Å². The number of H-pyrrole nitrogens is 1. The Morgan fingerprint density at radius 2 is 2.21 bits per heavy atom. The van der Waals surface area contributed by atoms with E-state index in [1.807, 2.05) is 6.92 Å². The average Bonchev–Trinajstić information content (AvgIpc) is 2.66. The Morgan fingerprint density at radius 1 is 1.50 bits per heavy atom. The lowest BCUT2D eigenvalue weighted by Crippen LogP contribution is -2.23. The number of rotatable bonds is 1. The van der Waals surface area contributed by atoms with Gasteiger partial charge in [0.25, 0.3) is 5.56 Å². The minimum atomic E-state index is 0.0686. The van der Waals surface area contributed by atoms with E-state index in [1.54, 1.807) is 7.05 Å². The van der Waals surface area contributed by atoms with Crippen LogP contribution in [0.25, 0.3) is 0 Å². The van der Waals surface area contributed by atoms with Crippen LogP contribution in [0.4, 0.5) is 0 Å². The molecule has 14 heavy (non-hydrogen) atoms. The molecule has 2 atom stereocenters. The van der Waals surface area contributed by atoms with Gasteiger partial charge >= 0.3 is 0 Å². The topological polar surface area (TPSA) is 63.8 Å². The van der Waals surface area contributed by atoms with E-state index in [0.717, 1.165) is 24.1 Å². The SMILES string of the molecule is Cc1c(C2CCCC2N)[nH]n(C)c1=O. The number of hydrogen-bond donors (Lipinski definition) is 2. The van der Waals surface area contributed by atoms with Crippen LogP contribution in [0.5, 0.6) is 0 Å². The van der Waals surface area contributed by atoms with Crippen LogP contribution in [-0.4, -0.2) is 15.8 Å². The zero-order chi connectivity index (χ0) is 10.3. The van der Waals surface area contributed by atoms with Crippen LogP contribution in [0.2, 0.25) is 0 Å². The average molecular weight is 195 g/mol. The van der Waals surface area contributed by atoms with Crippen LogP contribution in [-0.2, 0) is 7.05 Å². The number of aromatic amines is 1. The molecule has 0 amide bonds. The maximum atomic E-state index is 11.5. The first-order valence-electron chi connectivity index (χ1n) is 5.12. The van der Waals surface area contributed by atoms with Gasteiger partial charge in [0.1, 0.15) is 0 Å². The predicted octanol–water partition coefficient (Wildman–Crippen LogP) is 0.617. The Labute approximate surface area is 83.1 Å². The first-order valence-corrected chi connectivity index (χ1v) is 5.12. The van der Waals surface area contributed by atoms with E-state index in [0.29, 0.717) is 5.92 Å². The molecule has 0 spiro atoms. The summed E-state index contributed by atoms with van der Waals surface area (Å²) in [6, 6.07) is 0.215. The first-order chi connectivity index (χ1) is 6.61. The summed E-state index contributed by atoms with van der Waals surface area (Å²) in [5.74, 6) is 0.351. The van der Waals surface area contributed by atoms with Crippen molar-refractivity contribution in [2.24, 2.45) is 12.8 Å². The van der Waals surface area contributed by atoms with Gasteiger partial charge in [0.05, 0.1) is 0 Å². The summed E-state index contributed by atoms with van der Waals surface area (Å²) in [5.41, 5.74) is 7.95. The van der Waals surface area contributed by atoms with Crippen LogP contribution >= 0.6 is 0 Å². The van der Waals surface area contributed by atoms with Gasteiger partial charge in [-0.3, -0.25) is 14.6 Å². The van der Waals surface area contributed by atoms with E-state index < -0.39 is 0 Å². The fourth-order valence-electron chi connectivity index (χ4n) is 2.39. The molecule has 1 aromatic heterocycles. The van der Waals surface area contributed by atoms with Crippen LogP contribution in [0.15, 0.2) is 4.79 Å². The Kier molecular flexibility index (Phi) is 2.23. The molecule has 78 valence electrons. The van der Waals surface area contributed by atoms with Crippen molar-refractivity contribution in [2.45, 2.75) is 38.1 Å². The van der Waals surface area contributed by atoms with Gasteiger partial charge in [-0.25, -0.2) is 0 Å². The molecule has 4 heteroatoms. The Hall–Kier alpha value is -1.03. The van der Waals surface area contributed by atoms with E-state index in [2.05, 4.69) is 5.10 Å². The summed E-state index contributed by atoms with van der Waals surface area (Å²) in [4.78, 5) is 11.5.